The van der Waals surface area contributed by atoms with Gasteiger partial charge in [0.1, 0.15) is 18.1 Å². The van der Waals surface area contributed by atoms with Crippen LogP contribution in [0.15, 0.2) is 6.20 Å². The average Bonchev–Trinajstić information content (AvgIpc) is 2.46. The normalized spacial score (nSPS) is 10.8. The van der Waals surface area contributed by atoms with Crippen LogP contribution in [0.2, 0.25) is 0 Å². The van der Waals surface area contributed by atoms with E-state index in [-0.39, 0.29) is 18.3 Å². The molecule has 1 heterocycles. The van der Waals surface area contributed by atoms with Crippen LogP contribution in [0.3, 0.4) is 0 Å². The number of aromatic carboxylic acids is 1. The van der Waals surface area contributed by atoms with E-state index in [4.69, 9.17) is 10.2 Å². The number of aliphatic hydroxyl groups is 1. The lowest BCUT2D eigenvalue weighted by Crippen LogP contribution is -2.13. The summed E-state index contributed by atoms with van der Waals surface area (Å²) in [7, 11) is 0. The Bertz CT molecular complexity index is 317. The van der Waals surface area contributed by atoms with Gasteiger partial charge in [-0.05, 0) is 13.8 Å². The Balaban J connectivity index is 3.22. The van der Waals surface area contributed by atoms with E-state index in [2.05, 4.69) is 4.98 Å². The SMILES string of the molecule is CC(C)n1c(C(=O)O)cnc1CO. The molecule has 0 bridgehead atoms. The van der Waals surface area contributed by atoms with Crippen molar-refractivity contribution in [2.75, 3.05) is 0 Å². The van der Waals surface area contributed by atoms with Crippen molar-refractivity contribution in [3.63, 3.8) is 0 Å². The molecular weight excluding hydrogens is 172 g/mol. The number of aromatic nitrogens is 2. The highest BCUT2D eigenvalue weighted by molar-refractivity contribution is 5.85. The van der Waals surface area contributed by atoms with Crippen LogP contribution >= 0.6 is 0 Å². The summed E-state index contributed by atoms with van der Waals surface area (Å²) >= 11 is 0. The second kappa shape index (κ2) is 3.57. The van der Waals surface area contributed by atoms with Crippen LogP contribution in [-0.4, -0.2) is 25.7 Å². The molecule has 0 saturated heterocycles. The van der Waals surface area contributed by atoms with Gasteiger partial charge in [0.2, 0.25) is 0 Å². The van der Waals surface area contributed by atoms with Crippen LogP contribution in [0.25, 0.3) is 0 Å². The number of carbonyl (C=O) groups is 1. The molecule has 13 heavy (non-hydrogen) atoms. The highest BCUT2D eigenvalue weighted by atomic mass is 16.4. The van der Waals surface area contributed by atoms with E-state index in [1.165, 1.54) is 10.8 Å². The molecule has 0 atom stereocenters. The van der Waals surface area contributed by atoms with Crippen molar-refractivity contribution >= 4 is 5.97 Å². The maximum atomic E-state index is 10.7. The second-order valence-electron chi connectivity index (χ2n) is 2.99. The highest BCUT2D eigenvalue weighted by Gasteiger charge is 2.16. The predicted molar refractivity (Wildman–Crippen MR) is 45.5 cm³/mol. The van der Waals surface area contributed by atoms with Crippen molar-refractivity contribution in [3.05, 3.63) is 17.7 Å². The Labute approximate surface area is 75.6 Å². The van der Waals surface area contributed by atoms with E-state index in [0.717, 1.165) is 0 Å². The Morgan fingerprint density at radius 1 is 1.69 bits per heavy atom. The molecule has 1 rings (SSSR count). The molecule has 1 aromatic heterocycles. The van der Waals surface area contributed by atoms with Crippen molar-refractivity contribution in [2.24, 2.45) is 0 Å². The molecule has 0 aliphatic rings. The fourth-order valence-corrected chi connectivity index (χ4v) is 1.25. The molecule has 0 fully saturated rings. The minimum absolute atomic E-state index is 0.0178. The molecule has 72 valence electrons. The zero-order valence-electron chi connectivity index (χ0n) is 7.56. The summed E-state index contributed by atoms with van der Waals surface area (Å²) in [5.41, 5.74) is 0.110. The van der Waals surface area contributed by atoms with Crippen LogP contribution in [0.4, 0.5) is 0 Å². The topological polar surface area (TPSA) is 75.4 Å². The Morgan fingerprint density at radius 3 is 2.69 bits per heavy atom. The Morgan fingerprint density at radius 2 is 2.31 bits per heavy atom. The standard InChI is InChI=1S/C8H12N2O3/c1-5(2)10-6(8(12)13)3-9-7(10)4-11/h3,5,11H,4H2,1-2H3,(H,12,13). The number of aliphatic hydroxyl groups excluding tert-OH is 1. The Kier molecular flexibility index (Phi) is 2.67. The number of carboxylic acids is 1. The highest BCUT2D eigenvalue weighted by Crippen LogP contribution is 2.13. The van der Waals surface area contributed by atoms with Gasteiger partial charge in [0.15, 0.2) is 0 Å². The number of carboxylic acid groups (broad SMARTS) is 1. The number of hydrogen-bond acceptors (Lipinski definition) is 3. The summed E-state index contributed by atoms with van der Waals surface area (Å²) in [6, 6.07) is -0.0178. The van der Waals surface area contributed by atoms with Crippen LogP contribution in [0.1, 0.15) is 36.2 Å². The van der Waals surface area contributed by atoms with Crippen LogP contribution in [0.5, 0.6) is 0 Å². The molecule has 0 spiro atoms. The van der Waals surface area contributed by atoms with Gasteiger partial charge in [-0.1, -0.05) is 0 Å². The first-order chi connectivity index (χ1) is 6.07. The molecule has 5 nitrogen and oxygen atoms in total. The van der Waals surface area contributed by atoms with Crippen molar-refractivity contribution in [1.82, 2.24) is 9.55 Å². The number of hydrogen-bond donors (Lipinski definition) is 2. The fourth-order valence-electron chi connectivity index (χ4n) is 1.25. The monoisotopic (exact) mass is 184 g/mol. The molecule has 0 saturated carbocycles. The van der Waals surface area contributed by atoms with Gasteiger partial charge >= 0.3 is 5.97 Å². The minimum Gasteiger partial charge on any atom is -0.477 e. The largest absolute Gasteiger partial charge is 0.477 e. The van der Waals surface area contributed by atoms with Gasteiger partial charge in [0.25, 0.3) is 0 Å². The van der Waals surface area contributed by atoms with E-state index < -0.39 is 5.97 Å². The van der Waals surface area contributed by atoms with Gasteiger partial charge in [-0.15, -0.1) is 0 Å². The van der Waals surface area contributed by atoms with E-state index in [1.54, 1.807) is 0 Å². The van der Waals surface area contributed by atoms with Gasteiger partial charge in [-0.25, -0.2) is 9.78 Å². The van der Waals surface area contributed by atoms with Crippen LogP contribution in [0, 0.1) is 0 Å². The van der Waals surface area contributed by atoms with E-state index in [0.29, 0.717) is 5.82 Å². The summed E-state index contributed by atoms with van der Waals surface area (Å²) in [5, 5.41) is 17.7. The van der Waals surface area contributed by atoms with Crippen LogP contribution < -0.4 is 0 Å². The zero-order chi connectivity index (χ0) is 10.0. The smallest absolute Gasteiger partial charge is 0.354 e. The van der Waals surface area contributed by atoms with Crippen molar-refractivity contribution < 1.29 is 15.0 Å². The van der Waals surface area contributed by atoms with E-state index in [1.807, 2.05) is 13.8 Å². The Hall–Kier alpha value is -1.36. The quantitative estimate of drug-likeness (QED) is 0.723. The third kappa shape index (κ3) is 1.70. The lowest BCUT2D eigenvalue weighted by atomic mass is 10.3. The molecule has 0 amide bonds. The summed E-state index contributed by atoms with van der Waals surface area (Å²) in [6.07, 6.45) is 1.26. The van der Waals surface area contributed by atoms with Gasteiger partial charge in [0.05, 0.1) is 6.20 Å². The van der Waals surface area contributed by atoms with E-state index in [9.17, 15) is 4.79 Å². The van der Waals surface area contributed by atoms with Gasteiger partial charge in [-0.2, -0.15) is 0 Å². The molecule has 0 unspecified atom stereocenters. The molecule has 0 aromatic carbocycles. The number of rotatable bonds is 3. The van der Waals surface area contributed by atoms with Gasteiger partial charge in [-0.3, -0.25) is 0 Å². The number of imidazole rings is 1. The predicted octanol–water partition coefficient (Wildman–Crippen LogP) is 0.654. The summed E-state index contributed by atoms with van der Waals surface area (Å²) in [5.74, 6) is -0.645. The lowest BCUT2D eigenvalue weighted by Gasteiger charge is -2.11. The first kappa shape index (κ1) is 9.73. The fraction of sp³-hybridized carbons (Fsp3) is 0.500. The second-order valence-corrected chi connectivity index (χ2v) is 2.99. The van der Waals surface area contributed by atoms with Gasteiger partial charge < -0.3 is 14.8 Å². The molecule has 2 N–H and O–H groups in total. The summed E-state index contributed by atoms with van der Waals surface area (Å²) in [6.45, 7) is 3.44. The molecular formula is C8H12N2O3. The van der Waals surface area contributed by atoms with E-state index >= 15 is 0 Å². The maximum Gasteiger partial charge on any atom is 0.354 e. The third-order valence-electron chi connectivity index (χ3n) is 1.75. The molecule has 1 aromatic rings. The third-order valence-corrected chi connectivity index (χ3v) is 1.75. The molecule has 0 aliphatic heterocycles. The summed E-state index contributed by atoms with van der Waals surface area (Å²) < 4.78 is 1.50. The first-order valence-electron chi connectivity index (χ1n) is 3.98. The van der Waals surface area contributed by atoms with Crippen molar-refractivity contribution in [1.29, 1.82) is 0 Å². The molecule has 0 aliphatic carbocycles. The maximum absolute atomic E-state index is 10.7. The lowest BCUT2D eigenvalue weighted by molar-refractivity contribution is 0.0682. The number of nitrogens with zero attached hydrogens (tertiary/aromatic N) is 2. The van der Waals surface area contributed by atoms with Crippen molar-refractivity contribution in [2.45, 2.75) is 26.5 Å². The summed E-state index contributed by atoms with van der Waals surface area (Å²) in [4.78, 5) is 14.5. The van der Waals surface area contributed by atoms with Gasteiger partial charge in [0, 0.05) is 6.04 Å². The average molecular weight is 184 g/mol. The molecule has 5 heteroatoms. The van der Waals surface area contributed by atoms with Crippen LogP contribution in [-0.2, 0) is 6.61 Å². The van der Waals surface area contributed by atoms with Crippen molar-refractivity contribution in [3.8, 4) is 0 Å². The first-order valence-corrected chi connectivity index (χ1v) is 3.98. The zero-order valence-corrected chi connectivity index (χ0v) is 7.56. The minimum atomic E-state index is -1.03. The molecule has 0 radical (unpaired) electrons.